The maximum atomic E-state index is 5.02. The molecule has 87 valence electrons. The van der Waals surface area contributed by atoms with Gasteiger partial charge in [-0.1, -0.05) is 0 Å². The fraction of sp³-hybridized carbons (Fsp3) is 0. The molecule has 0 unspecified atom stereocenters. The number of hydrogen-bond donors (Lipinski definition) is 1. The third kappa shape index (κ3) is 7.50. The van der Waals surface area contributed by atoms with Crippen molar-refractivity contribution < 1.29 is 8.65 Å². The molecular formula is C5H4Cl5N4Ru. The van der Waals surface area contributed by atoms with Gasteiger partial charge in [0.15, 0.2) is 5.65 Å². The first-order valence-corrected chi connectivity index (χ1v) is 14.4. The number of halogens is 5. The number of rotatable bonds is 0. The van der Waals surface area contributed by atoms with Crippen LogP contribution in [-0.2, 0) is 8.65 Å². The largest absolute Gasteiger partial charge is 0.342 e. The molecule has 0 aliphatic carbocycles. The molecule has 0 atom stereocenters. The zero-order valence-corrected chi connectivity index (χ0v) is 12.3. The summed E-state index contributed by atoms with van der Waals surface area (Å²) in [4.78, 5) is 14.5. The molecule has 0 saturated heterocycles. The van der Waals surface area contributed by atoms with Gasteiger partial charge in [-0.25, -0.2) is 15.0 Å². The van der Waals surface area contributed by atoms with E-state index in [9.17, 15) is 0 Å². The summed E-state index contributed by atoms with van der Waals surface area (Å²) in [7, 11) is 21.0. The van der Waals surface area contributed by atoms with Crippen LogP contribution in [-0.4, -0.2) is 19.9 Å². The number of hydrogen-bond acceptors (Lipinski definition) is 3. The molecule has 0 aromatic carbocycles. The van der Waals surface area contributed by atoms with Crippen LogP contribution in [0.5, 0.6) is 0 Å². The van der Waals surface area contributed by atoms with Crippen LogP contribution in [0.15, 0.2) is 18.9 Å². The predicted octanol–water partition coefficient (Wildman–Crippen LogP) is 3.80. The molecule has 0 saturated carbocycles. The van der Waals surface area contributed by atoms with Gasteiger partial charge in [-0.15, -0.1) is 0 Å². The number of nitrogens with zero attached hydrogens (tertiary/aromatic N) is 3. The van der Waals surface area contributed by atoms with Crippen molar-refractivity contribution in [2.24, 2.45) is 0 Å². The van der Waals surface area contributed by atoms with E-state index in [1.165, 1.54) is 6.33 Å². The van der Waals surface area contributed by atoms with Gasteiger partial charge < -0.3 is 4.98 Å². The van der Waals surface area contributed by atoms with Crippen molar-refractivity contribution in [3.63, 3.8) is 0 Å². The van der Waals surface area contributed by atoms with E-state index in [2.05, 4.69) is 19.9 Å². The molecule has 2 rings (SSSR count). The summed E-state index contributed by atoms with van der Waals surface area (Å²) < 4.78 is 0. The maximum absolute atomic E-state index is 5.02. The Balaban J connectivity index is 0.000000167. The fourth-order valence-electron chi connectivity index (χ4n) is 0.691. The average molecular weight is 398 g/mol. The van der Waals surface area contributed by atoms with Gasteiger partial charge in [0.1, 0.15) is 11.8 Å². The Bertz CT molecular complexity index is 402. The van der Waals surface area contributed by atoms with Gasteiger partial charge in [0, 0.05) is 0 Å². The zero-order chi connectivity index (χ0) is 11.6. The minimum absolute atomic E-state index is 0.713. The molecule has 0 spiro atoms. The van der Waals surface area contributed by atoms with Crippen LogP contribution >= 0.6 is 48.5 Å². The smallest absolute Gasteiger partial charge is 0.180 e. The molecule has 0 fully saturated rings. The van der Waals surface area contributed by atoms with Crippen LogP contribution in [0.3, 0.4) is 0 Å². The Morgan fingerprint density at radius 2 is 1.67 bits per heavy atom. The van der Waals surface area contributed by atoms with Gasteiger partial charge in [-0.05, 0) is 0 Å². The fourth-order valence-corrected chi connectivity index (χ4v) is 0.691. The number of H-pyrrole nitrogens is 1. The van der Waals surface area contributed by atoms with Gasteiger partial charge in [-0.3, -0.25) is 0 Å². The van der Waals surface area contributed by atoms with E-state index in [4.69, 9.17) is 48.5 Å². The predicted molar refractivity (Wildman–Crippen MR) is 60.9 cm³/mol. The van der Waals surface area contributed by atoms with E-state index in [1.807, 2.05) is 0 Å². The van der Waals surface area contributed by atoms with Crippen molar-refractivity contribution in [2.75, 3.05) is 0 Å². The minimum atomic E-state index is -4.11. The monoisotopic (exact) mass is 397 g/mol. The maximum Gasteiger partial charge on any atom is 0.180 e. The van der Waals surface area contributed by atoms with Crippen molar-refractivity contribution in [1.82, 2.24) is 19.9 Å². The summed E-state index contributed by atoms with van der Waals surface area (Å²) in [5, 5.41) is 0. The molecule has 0 aliphatic heterocycles. The SMILES string of the molecule is [Cl][Ru]([Cl])([Cl])([Cl])[Cl].c1ncc2[nH]cnc2n1. The summed E-state index contributed by atoms with van der Waals surface area (Å²) in [6.07, 6.45) is 4.76. The molecule has 4 nitrogen and oxygen atoms in total. The second-order valence-corrected chi connectivity index (χ2v) is 28.6. The standard InChI is InChI=1S/C5H4N4.5ClH.Ru/c1-4-5(8-2-6-1)9-3-7-4;;;;;;/h1-3H,(H,6,7,8,9);5*1H;/q;;;;;;+5/p-5. The van der Waals surface area contributed by atoms with Crippen molar-refractivity contribution in [2.45, 2.75) is 0 Å². The van der Waals surface area contributed by atoms with Gasteiger partial charge in [0.05, 0.1) is 12.5 Å². The summed E-state index contributed by atoms with van der Waals surface area (Å²) >= 11 is 0. The van der Waals surface area contributed by atoms with Gasteiger partial charge >= 0.3 is 57.1 Å². The molecule has 2 aromatic heterocycles. The third-order valence-corrected chi connectivity index (χ3v) is 1.10. The second-order valence-electron chi connectivity index (χ2n) is 2.17. The van der Waals surface area contributed by atoms with Gasteiger partial charge in [0.2, 0.25) is 0 Å². The van der Waals surface area contributed by atoms with Crippen molar-refractivity contribution >= 4 is 59.6 Å². The van der Waals surface area contributed by atoms with Crippen LogP contribution in [0.4, 0.5) is 0 Å². The quantitative estimate of drug-likeness (QED) is 0.687. The normalized spacial score (nSPS) is 13.8. The Kier molecular flexibility index (Phi) is 4.44. The molecule has 2 aromatic rings. The number of nitrogens with one attached hydrogen (secondary N) is 1. The van der Waals surface area contributed by atoms with Crippen LogP contribution in [0.1, 0.15) is 0 Å². The zero-order valence-electron chi connectivity index (χ0n) is 6.82. The first kappa shape index (κ1) is 13.7. The van der Waals surface area contributed by atoms with E-state index in [0.29, 0.717) is 5.65 Å². The van der Waals surface area contributed by atoms with Gasteiger partial charge in [0.25, 0.3) is 0 Å². The summed E-state index contributed by atoms with van der Waals surface area (Å²) in [5.74, 6) is 0. The van der Waals surface area contributed by atoms with Gasteiger partial charge in [-0.2, -0.15) is 0 Å². The molecular weight excluding hydrogens is 394 g/mol. The Morgan fingerprint density at radius 1 is 1.07 bits per heavy atom. The number of imidazole rings is 1. The van der Waals surface area contributed by atoms with Crippen LogP contribution in [0.25, 0.3) is 11.2 Å². The summed E-state index contributed by atoms with van der Waals surface area (Å²) in [6.45, 7) is 0. The molecule has 0 radical (unpaired) electrons. The number of aromatic amines is 1. The van der Waals surface area contributed by atoms with Crippen LogP contribution in [0, 0.1) is 0 Å². The molecule has 1 N–H and O–H groups in total. The molecule has 0 bridgehead atoms. The van der Waals surface area contributed by atoms with E-state index in [1.54, 1.807) is 12.5 Å². The molecule has 15 heavy (non-hydrogen) atoms. The molecule has 0 aliphatic rings. The first-order chi connectivity index (χ1) is 6.70. The van der Waals surface area contributed by atoms with E-state index in [-0.39, 0.29) is 0 Å². The van der Waals surface area contributed by atoms with Crippen LogP contribution < -0.4 is 0 Å². The molecule has 0 amide bonds. The average Bonchev–Trinajstić information content (AvgIpc) is 2.45. The number of aromatic nitrogens is 4. The van der Waals surface area contributed by atoms with Crippen molar-refractivity contribution in [1.29, 1.82) is 0 Å². The molecule has 10 heteroatoms. The summed E-state index contributed by atoms with van der Waals surface area (Å²) in [6, 6.07) is 0. The second kappa shape index (κ2) is 4.86. The molecule has 2 heterocycles. The third-order valence-electron chi connectivity index (χ3n) is 1.10. The van der Waals surface area contributed by atoms with Crippen molar-refractivity contribution in [3.8, 4) is 0 Å². The summed E-state index contributed by atoms with van der Waals surface area (Å²) in [5.41, 5.74) is 1.59. The Labute approximate surface area is 106 Å². The number of fused-ring (bicyclic) bond motifs is 1. The van der Waals surface area contributed by atoms with E-state index >= 15 is 0 Å². The van der Waals surface area contributed by atoms with E-state index < -0.39 is 8.65 Å². The van der Waals surface area contributed by atoms with Crippen LogP contribution in [0.2, 0.25) is 0 Å². The Morgan fingerprint density at radius 3 is 2.20 bits per heavy atom. The Hall–Kier alpha value is 0.623. The van der Waals surface area contributed by atoms with E-state index in [0.717, 1.165) is 5.52 Å². The topological polar surface area (TPSA) is 54.5 Å². The van der Waals surface area contributed by atoms with Crippen molar-refractivity contribution in [3.05, 3.63) is 18.9 Å². The minimum Gasteiger partial charge on any atom is -0.342 e. The first-order valence-electron chi connectivity index (χ1n) is 3.23.